The lowest BCUT2D eigenvalue weighted by Gasteiger charge is -2.21. The summed E-state index contributed by atoms with van der Waals surface area (Å²) in [6.07, 6.45) is 82.3. The van der Waals surface area contributed by atoms with E-state index >= 15 is 0 Å². The van der Waals surface area contributed by atoms with Gasteiger partial charge < -0.3 is 33.8 Å². The molecule has 602 valence electrons. The van der Waals surface area contributed by atoms with Crippen LogP contribution in [0.3, 0.4) is 0 Å². The van der Waals surface area contributed by atoms with Gasteiger partial charge in [-0.05, 0) is 109 Å². The van der Waals surface area contributed by atoms with Crippen LogP contribution >= 0.6 is 15.6 Å². The molecule has 0 radical (unpaired) electrons. The summed E-state index contributed by atoms with van der Waals surface area (Å²) < 4.78 is 68.7. The van der Waals surface area contributed by atoms with Gasteiger partial charge in [-0.1, -0.05) is 324 Å². The van der Waals surface area contributed by atoms with Gasteiger partial charge in [0.1, 0.15) is 19.3 Å². The number of phosphoric acid groups is 2. The highest BCUT2D eigenvalue weighted by Crippen LogP contribution is 2.45. The first-order valence-electron chi connectivity index (χ1n) is 41.5. The van der Waals surface area contributed by atoms with Crippen LogP contribution in [0.2, 0.25) is 0 Å². The third-order valence-corrected chi connectivity index (χ3v) is 19.5. The predicted molar refractivity (Wildman–Crippen MR) is 427 cm³/mol. The molecule has 0 saturated carbocycles. The van der Waals surface area contributed by atoms with Crippen molar-refractivity contribution in [2.45, 2.75) is 380 Å². The van der Waals surface area contributed by atoms with E-state index in [-0.39, 0.29) is 25.7 Å². The van der Waals surface area contributed by atoms with E-state index < -0.39 is 97.5 Å². The molecule has 0 spiro atoms. The maximum absolute atomic E-state index is 13.1. The third kappa shape index (κ3) is 76.2. The Morgan fingerprint density at radius 2 is 0.500 bits per heavy atom. The van der Waals surface area contributed by atoms with Gasteiger partial charge in [0.2, 0.25) is 0 Å². The van der Waals surface area contributed by atoms with Gasteiger partial charge >= 0.3 is 39.5 Å². The number of aliphatic hydroxyl groups excluding tert-OH is 1. The van der Waals surface area contributed by atoms with E-state index in [9.17, 15) is 43.2 Å². The van der Waals surface area contributed by atoms with Gasteiger partial charge in [0.05, 0.1) is 26.4 Å². The van der Waals surface area contributed by atoms with Crippen molar-refractivity contribution in [1.82, 2.24) is 0 Å². The van der Waals surface area contributed by atoms with E-state index in [0.717, 1.165) is 161 Å². The summed E-state index contributed by atoms with van der Waals surface area (Å²) in [6.45, 7) is 4.74. The fraction of sp³-hybridized carbons (Fsp3) is 0.765. The van der Waals surface area contributed by atoms with Crippen LogP contribution in [0.4, 0.5) is 0 Å². The van der Waals surface area contributed by atoms with E-state index in [1.54, 1.807) is 0 Å². The first kappa shape index (κ1) is 100.0. The Morgan fingerprint density at radius 1 is 0.279 bits per heavy atom. The summed E-state index contributed by atoms with van der Waals surface area (Å²) in [6, 6.07) is 0. The molecule has 0 bridgehead atoms. The number of esters is 4. The highest BCUT2D eigenvalue weighted by atomic mass is 31.2. The normalized spacial score (nSPS) is 14.3. The smallest absolute Gasteiger partial charge is 0.462 e. The summed E-state index contributed by atoms with van der Waals surface area (Å²) in [7, 11) is -9.96. The second kappa shape index (κ2) is 77.1. The van der Waals surface area contributed by atoms with Crippen molar-refractivity contribution in [3.05, 3.63) is 97.2 Å². The molecule has 0 fully saturated rings. The maximum Gasteiger partial charge on any atom is 0.472 e. The van der Waals surface area contributed by atoms with Gasteiger partial charge in [-0.25, -0.2) is 9.13 Å². The number of carbonyl (C=O) groups is 4. The number of aliphatic hydroxyl groups is 1. The molecule has 0 aromatic carbocycles. The van der Waals surface area contributed by atoms with Gasteiger partial charge in [-0.15, -0.1) is 0 Å². The van der Waals surface area contributed by atoms with Gasteiger partial charge in [-0.3, -0.25) is 37.3 Å². The molecule has 19 heteroatoms. The van der Waals surface area contributed by atoms with Crippen LogP contribution in [0.15, 0.2) is 97.2 Å². The predicted octanol–water partition coefficient (Wildman–Crippen LogP) is 24.3. The molecule has 0 aliphatic rings. The van der Waals surface area contributed by atoms with Crippen molar-refractivity contribution >= 4 is 39.5 Å². The van der Waals surface area contributed by atoms with Crippen molar-refractivity contribution in [2.75, 3.05) is 39.6 Å². The summed E-state index contributed by atoms with van der Waals surface area (Å²) >= 11 is 0. The lowest BCUT2D eigenvalue weighted by molar-refractivity contribution is -0.161. The van der Waals surface area contributed by atoms with Crippen molar-refractivity contribution in [3.63, 3.8) is 0 Å². The lowest BCUT2D eigenvalue weighted by atomic mass is 10.0. The monoisotopic (exact) mass is 1510 g/mol. The minimum Gasteiger partial charge on any atom is -0.462 e. The van der Waals surface area contributed by atoms with E-state index in [1.165, 1.54) is 122 Å². The van der Waals surface area contributed by atoms with Crippen LogP contribution in [0.1, 0.15) is 362 Å². The standard InChI is InChI=1S/C85H150O17P2/c1-5-9-13-17-21-25-29-33-35-37-39-41-43-47-49-53-57-61-65-69-82(87)95-75-80(101-84(89)71-67-63-59-55-51-45-31-27-23-19-15-11-7-3)77-99-103(91,92)97-73-79(86)74-98-104(93,94)100-78-81(102-85(90)72-68-64-60-56-52-46-32-28-24-20-16-12-8-4)76-96-83(88)70-66-62-58-54-50-48-44-42-40-38-36-34-30-26-22-18-14-10-6-2/h9,13,21-22,25-26,33-36,39-42,47,49,79-81,86H,5-8,10-12,14-20,23-24,27-32,37-38,43-46,48,50-78H2,1-4H3,(H,91,92)(H,93,94)/b13-9-,25-21-,26-22-,35-33-,36-34-,41-39-,42-40-,49-47-. The maximum atomic E-state index is 13.1. The molecular formula is C85H150O17P2. The van der Waals surface area contributed by atoms with Crippen LogP contribution in [0, 0.1) is 0 Å². The average Bonchev–Trinajstić information content (AvgIpc) is 0.913. The summed E-state index contributed by atoms with van der Waals surface area (Å²) in [4.78, 5) is 73.1. The van der Waals surface area contributed by atoms with E-state index in [4.69, 9.17) is 37.0 Å². The molecule has 5 unspecified atom stereocenters. The van der Waals surface area contributed by atoms with Crippen molar-refractivity contribution in [1.29, 1.82) is 0 Å². The van der Waals surface area contributed by atoms with E-state index in [2.05, 4.69) is 125 Å². The summed E-state index contributed by atoms with van der Waals surface area (Å²) in [5, 5.41) is 10.6. The molecule has 0 saturated heterocycles. The molecule has 0 aliphatic carbocycles. The number of rotatable bonds is 78. The highest BCUT2D eigenvalue weighted by molar-refractivity contribution is 7.47. The Kier molecular flexibility index (Phi) is 74.2. The number of allylic oxidation sites excluding steroid dienone is 16. The Labute approximate surface area is 633 Å². The third-order valence-electron chi connectivity index (χ3n) is 17.6. The zero-order valence-corrected chi connectivity index (χ0v) is 67.7. The molecule has 0 amide bonds. The first-order chi connectivity index (χ1) is 50.7. The van der Waals surface area contributed by atoms with Crippen LogP contribution in [0.5, 0.6) is 0 Å². The van der Waals surface area contributed by atoms with Crippen LogP contribution < -0.4 is 0 Å². The molecule has 0 heterocycles. The largest absolute Gasteiger partial charge is 0.472 e. The van der Waals surface area contributed by atoms with Crippen LogP contribution in [-0.4, -0.2) is 96.7 Å². The zero-order chi connectivity index (χ0) is 76.0. The fourth-order valence-corrected chi connectivity index (χ4v) is 12.8. The van der Waals surface area contributed by atoms with Gasteiger partial charge in [0.15, 0.2) is 12.2 Å². The second-order valence-electron chi connectivity index (χ2n) is 27.7. The molecule has 0 aromatic rings. The average molecular weight is 1510 g/mol. The number of unbranched alkanes of at least 4 members (excludes halogenated alkanes) is 36. The molecule has 17 nitrogen and oxygen atoms in total. The molecule has 5 atom stereocenters. The van der Waals surface area contributed by atoms with Crippen LogP contribution in [0.25, 0.3) is 0 Å². The molecule has 104 heavy (non-hydrogen) atoms. The van der Waals surface area contributed by atoms with Gasteiger partial charge in [0, 0.05) is 25.7 Å². The minimum atomic E-state index is -4.98. The van der Waals surface area contributed by atoms with Crippen molar-refractivity contribution < 1.29 is 80.2 Å². The molecule has 0 aromatic heterocycles. The topological polar surface area (TPSA) is 237 Å². The Hall–Kier alpha value is -4.02. The van der Waals surface area contributed by atoms with Gasteiger partial charge in [-0.2, -0.15) is 0 Å². The number of hydrogen-bond donors (Lipinski definition) is 3. The number of carbonyl (C=O) groups excluding carboxylic acids is 4. The SMILES string of the molecule is CC/C=C\C/C=C\C/C=C\C/C=C\C/C=C\CCCCCC(=O)OCC(COP(=O)(O)OCC(O)COP(=O)(O)OCC(COC(=O)CCCCCCCC/C=C\C/C=C\C/C=C\CCCCC)OC(=O)CCCCCCCCCCCCCCC)OC(=O)CCCCCCCCCCCCCCC. The lowest BCUT2D eigenvalue weighted by Crippen LogP contribution is -2.30. The first-order valence-corrected chi connectivity index (χ1v) is 44.5. The molecule has 0 aliphatic heterocycles. The molecular weight excluding hydrogens is 1350 g/mol. The number of ether oxygens (including phenoxy) is 4. The Balaban J connectivity index is 5.34. The van der Waals surface area contributed by atoms with Crippen molar-refractivity contribution in [2.24, 2.45) is 0 Å². The van der Waals surface area contributed by atoms with E-state index in [1.807, 2.05) is 0 Å². The minimum absolute atomic E-state index is 0.0906. The van der Waals surface area contributed by atoms with E-state index in [0.29, 0.717) is 25.7 Å². The molecule has 0 rings (SSSR count). The highest BCUT2D eigenvalue weighted by Gasteiger charge is 2.30. The molecule has 3 N–H and O–H groups in total. The summed E-state index contributed by atoms with van der Waals surface area (Å²) in [5.41, 5.74) is 0. The Bertz CT molecular complexity index is 2350. The number of hydrogen-bond acceptors (Lipinski definition) is 15. The quantitative estimate of drug-likeness (QED) is 0.0169. The van der Waals surface area contributed by atoms with Crippen molar-refractivity contribution in [3.8, 4) is 0 Å². The zero-order valence-electron chi connectivity index (χ0n) is 65.9. The second-order valence-corrected chi connectivity index (χ2v) is 30.6. The summed E-state index contributed by atoms with van der Waals surface area (Å²) in [5.74, 6) is -2.20. The van der Waals surface area contributed by atoms with Gasteiger partial charge in [0.25, 0.3) is 0 Å². The Morgan fingerprint density at radius 3 is 0.798 bits per heavy atom. The number of phosphoric ester groups is 2. The fourth-order valence-electron chi connectivity index (χ4n) is 11.3. The van der Waals surface area contributed by atoms with Crippen LogP contribution in [-0.2, 0) is 65.4 Å².